The summed E-state index contributed by atoms with van der Waals surface area (Å²) in [7, 11) is 1.89. The number of nitrogens with zero attached hydrogens (tertiary/aromatic N) is 4. The monoisotopic (exact) mass is 539 g/mol. The number of rotatable bonds is 7. The van der Waals surface area contributed by atoms with Crippen molar-refractivity contribution in [3.05, 3.63) is 71.3 Å². The molecule has 0 atom stereocenters. The number of carbonyl (C=O) groups excluding carboxylic acids is 2. The van der Waals surface area contributed by atoms with E-state index in [4.69, 9.17) is 0 Å². The topological polar surface area (TPSA) is 143 Å². The number of anilines is 2. The number of aromatic nitrogens is 4. The molecule has 204 valence electrons. The van der Waals surface area contributed by atoms with Crippen LogP contribution in [0.5, 0.6) is 0 Å². The molecule has 1 aliphatic carbocycles. The number of pyridine rings is 1. The quantitative estimate of drug-likeness (QED) is 0.279. The van der Waals surface area contributed by atoms with E-state index in [1.807, 2.05) is 42.9 Å². The number of nitrogens with one attached hydrogen (secondary N) is 3. The van der Waals surface area contributed by atoms with E-state index >= 15 is 0 Å². The van der Waals surface area contributed by atoms with Crippen LogP contribution in [-0.2, 0) is 24.8 Å². The molecule has 0 spiro atoms. The third-order valence-electron chi connectivity index (χ3n) is 7.30. The third-order valence-corrected chi connectivity index (χ3v) is 7.30. The van der Waals surface area contributed by atoms with Gasteiger partial charge in [0, 0.05) is 54.6 Å². The Morgan fingerprint density at radius 1 is 1.10 bits per heavy atom. The molecule has 6 rings (SSSR count). The number of hydrogen-bond donors (Lipinski definition) is 4. The van der Waals surface area contributed by atoms with Gasteiger partial charge < -0.3 is 20.3 Å². The molecule has 3 aromatic heterocycles. The fraction of sp³-hybridized carbons (Fsp3) is 0.276. The molecule has 1 fully saturated rings. The second-order valence-corrected chi connectivity index (χ2v) is 10.2. The Morgan fingerprint density at radius 3 is 2.65 bits per heavy atom. The van der Waals surface area contributed by atoms with Gasteiger partial charge in [-0.25, -0.2) is 9.78 Å². The van der Waals surface area contributed by atoms with Gasteiger partial charge in [-0.3, -0.25) is 19.6 Å². The summed E-state index contributed by atoms with van der Waals surface area (Å²) in [6, 6.07) is 12.7. The molecule has 1 aromatic carbocycles. The molecule has 2 aliphatic rings. The summed E-state index contributed by atoms with van der Waals surface area (Å²) < 4.78 is 3.97. The normalized spacial score (nSPS) is 14.4. The summed E-state index contributed by atoms with van der Waals surface area (Å²) in [6.07, 6.45) is 2.85. The lowest BCUT2D eigenvalue weighted by atomic mass is 9.94. The molecule has 0 unspecified atom stereocenters. The molecule has 3 amide bonds. The standard InChI is InChI=1S/C29H29N7O4/c1-16-12-21(35(2)34-16)15-36-22-9-11-31-28(38)25(22)24(18-4-3-5-20(13-18)32-29(39)40)26(36)19-8-10-30-23(14-19)33-27(37)17-6-7-17/h3-5,8,10,12-14,17,32H,6-7,9,11,15H2,1-2H3,(H,31,38)(H,39,40)(H,30,33,37). The Bertz CT molecular complexity index is 1660. The molecule has 40 heavy (non-hydrogen) atoms. The highest BCUT2D eigenvalue weighted by Gasteiger charge is 2.33. The van der Waals surface area contributed by atoms with Crippen LogP contribution in [0.4, 0.5) is 16.3 Å². The SMILES string of the molecule is Cc1cc(Cn2c3c(c(-c4cccc(NC(=O)O)c4)c2-c2ccnc(NC(=O)C4CC4)c2)C(=O)NCC3)n(C)n1. The zero-order valence-electron chi connectivity index (χ0n) is 22.2. The lowest BCUT2D eigenvalue weighted by Gasteiger charge is -2.18. The molecule has 4 aromatic rings. The Labute approximate surface area is 230 Å². The lowest BCUT2D eigenvalue weighted by molar-refractivity contribution is -0.117. The minimum Gasteiger partial charge on any atom is -0.465 e. The van der Waals surface area contributed by atoms with Crippen molar-refractivity contribution < 1.29 is 19.5 Å². The van der Waals surface area contributed by atoms with Gasteiger partial charge in [-0.15, -0.1) is 0 Å². The predicted octanol–water partition coefficient (Wildman–Crippen LogP) is 4.03. The van der Waals surface area contributed by atoms with Crippen molar-refractivity contribution in [1.29, 1.82) is 0 Å². The van der Waals surface area contributed by atoms with Gasteiger partial charge in [0.15, 0.2) is 0 Å². The highest BCUT2D eigenvalue weighted by atomic mass is 16.4. The molecule has 1 saturated carbocycles. The predicted molar refractivity (Wildman–Crippen MR) is 149 cm³/mol. The molecule has 1 aliphatic heterocycles. The van der Waals surface area contributed by atoms with Gasteiger partial charge >= 0.3 is 6.09 Å². The lowest BCUT2D eigenvalue weighted by Crippen LogP contribution is -2.32. The van der Waals surface area contributed by atoms with Gasteiger partial charge in [0.05, 0.1) is 29.2 Å². The van der Waals surface area contributed by atoms with Crippen LogP contribution in [0.3, 0.4) is 0 Å². The van der Waals surface area contributed by atoms with Crippen LogP contribution in [0.15, 0.2) is 48.7 Å². The average Bonchev–Trinajstić information content (AvgIpc) is 3.65. The Kier molecular flexibility index (Phi) is 6.33. The first-order chi connectivity index (χ1) is 19.3. The molecule has 0 radical (unpaired) electrons. The van der Waals surface area contributed by atoms with Gasteiger partial charge in [0.25, 0.3) is 5.91 Å². The third kappa shape index (κ3) is 4.81. The van der Waals surface area contributed by atoms with Crippen molar-refractivity contribution in [2.24, 2.45) is 13.0 Å². The van der Waals surface area contributed by atoms with Crippen molar-refractivity contribution in [1.82, 2.24) is 24.6 Å². The Morgan fingerprint density at radius 2 is 1.93 bits per heavy atom. The van der Waals surface area contributed by atoms with Gasteiger partial charge in [-0.1, -0.05) is 12.1 Å². The molecule has 4 heterocycles. The molecule has 0 saturated heterocycles. The first-order valence-electron chi connectivity index (χ1n) is 13.2. The summed E-state index contributed by atoms with van der Waals surface area (Å²) >= 11 is 0. The molecule has 4 N–H and O–H groups in total. The average molecular weight is 540 g/mol. The summed E-state index contributed by atoms with van der Waals surface area (Å²) in [5.41, 5.74) is 6.60. The summed E-state index contributed by atoms with van der Waals surface area (Å²) in [4.78, 5) is 41.7. The smallest absolute Gasteiger partial charge is 0.409 e. The largest absolute Gasteiger partial charge is 0.465 e. The maximum absolute atomic E-state index is 13.4. The van der Waals surface area contributed by atoms with Crippen molar-refractivity contribution in [3.8, 4) is 22.4 Å². The Hall–Kier alpha value is -4.93. The van der Waals surface area contributed by atoms with Gasteiger partial charge in [-0.2, -0.15) is 5.10 Å². The number of carbonyl (C=O) groups is 3. The molecular weight excluding hydrogens is 510 g/mol. The maximum Gasteiger partial charge on any atom is 0.409 e. The van der Waals surface area contributed by atoms with E-state index in [9.17, 15) is 19.5 Å². The number of carboxylic acid groups (broad SMARTS) is 1. The van der Waals surface area contributed by atoms with E-state index in [2.05, 4.69) is 30.6 Å². The number of aryl methyl sites for hydroxylation is 2. The molecule has 0 bridgehead atoms. The van der Waals surface area contributed by atoms with Crippen LogP contribution < -0.4 is 16.0 Å². The number of hydrogen-bond acceptors (Lipinski definition) is 5. The van der Waals surface area contributed by atoms with Crippen LogP contribution in [0.2, 0.25) is 0 Å². The summed E-state index contributed by atoms with van der Waals surface area (Å²) in [5.74, 6) is 0.230. The van der Waals surface area contributed by atoms with Crippen LogP contribution in [0.1, 0.15) is 40.3 Å². The zero-order valence-corrected chi connectivity index (χ0v) is 22.2. The highest BCUT2D eigenvalue weighted by molar-refractivity contribution is 6.07. The molecule has 11 heteroatoms. The first-order valence-corrected chi connectivity index (χ1v) is 13.2. The van der Waals surface area contributed by atoms with Gasteiger partial charge in [0.2, 0.25) is 5.91 Å². The number of amides is 3. The van der Waals surface area contributed by atoms with Crippen molar-refractivity contribution in [2.75, 3.05) is 17.2 Å². The van der Waals surface area contributed by atoms with Crippen LogP contribution in [-0.4, -0.2) is 48.9 Å². The number of benzene rings is 1. The van der Waals surface area contributed by atoms with E-state index < -0.39 is 6.09 Å². The first kappa shape index (κ1) is 25.4. The van der Waals surface area contributed by atoms with E-state index in [0.29, 0.717) is 47.7 Å². The van der Waals surface area contributed by atoms with E-state index in [0.717, 1.165) is 41.2 Å². The second kappa shape index (κ2) is 9.99. The second-order valence-electron chi connectivity index (χ2n) is 10.2. The van der Waals surface area contributed by atoms with Gasteiger partial charge in [0.1, 0.15) is 5.82 Å². The fourth-order valence-corrected chi connectivity index (χ4v) is 5.38. The van der Waals surface area contributed by atoms with Crippen molar-refractivity contribution >= 4 is 29.4 Å². The Balaban J connectivity index is 1.58. The van der Waals surface area contributed by atoms with Gasteiger partial charge in [-0.05, 0) is 55.7 Å². The van der Waals surface area contributed by atoms with E-state index in [1.165, 1.54) is 0 Å². The van der Waals surface area contributed by atoms with Crippen LogP contribution >= 0.6 is 0 Å². The summed E-state index contributed by atoms with van der Waals surface area (Å²) in [5, 5.41) is 22.1. The van der Waals surface area contributed by atoms with E-state index in [1.54, 1.807) is 24.4 Å². The fourth-order valence-electron chi connectivity index (χ4n) is 5.38. The van der Waals surface area contributed by atoms with E-state index in [-0.39, 0.29) is 17.7 Å². The van der Waals surface area contributed by atoms with Crippen LogP contribution in [0.25, 0.3) is 22.4 Å². The minimum absolute atomic E-state index is 0.0263. The molecular formula is C29H29N7O4. The maximum atomic E-state index is 13.4. The van der Waals surface area contributed by atoms with Crippen LogP contribution in [0, 0.1) is 12.8 Å². The number of fused-ring (bicyclic) bond motifs is 1. The zero-order chi connectivity index (χ0) is 28.0. The minimum atomic E-state index is -1.17. The highest BCUT2D eigenvalue weighted by Crippen LogP contribution is 2.42. The summed E-state index contributed by atoms with van der Waals surface area (Å²) in [6.45, 7) is 2.90. The molecule has 11 nitrogen and oxygen atoms in total. The van der Waals surface area contributed by atoms with Crippen molar-refractivity contribution in [2.45, 2.75) is 32.7 Å². The van der Waals surface area contributed by atoms with Crippen molar-refractivity contribution in [3.63, 3.8) is 0 Å².